The first-order chi connectivity index (χ1) is 10.3. The minimum atomic E-state index is -4.93. The largest absolute Gasteiger partial charge is 0.505 e. The van der Waals surface area contributed by atoms with Crippen molar-refractivity contribution >= 4 is 22.7 Å². The number of hydrogen-bond acceptors (Lipinski definition) is 4. The van der Waals surface area contributed by atoms with E-state index in [0.29, 0.717) is 0 Å². The summed E-state index contributed by atoms with van der Waals surface area (Å²) in [5.41, 5.74) is -0.275. The van der Waals surface area contributed by atoms with Crippen LogP contribution in [-0.2, 0) is 4.79 Å². The number of carbonyl (C=O) groups is 1. The fourth-order valence-corrected chi connectivity index (χ4v) is 3.00. The second-order valence-corrected chi connectivity index (χ2v) is 5.73. The molecule has 1 aliphatic heterocycles. The van der Waals surface area contributed by atoms with E-state index in [1.165, 1.54) is 23.6 Å². The highest BCUT2D eigenvalue weighted by Gasteiger charge is 2.72. The lowest BCUT2D eigenvalue weighted by molar-refractivity contribution is -0.190. The Hall–Kier alpha value is -2.09. The molecule has 1 aliphatic carbocycles. The SMILES string of the molecule is O=C1C(N2C=CC(c3cccs3)=CC2)=C(O)C(F)(F)C1(F)F. The van der Waals surface area contributed by atoms with Crippen LogP contribution in [0.25, 0.3) is 5.57 Å². The smallest absolute Gasteiger partial charge is 0.380 e. The number of ketones is 1. The van der Waals surface area contributed by atoms with Gasteiger partial charge in [-0.1, -0.05) is 12.1 Å². The summed E-state index contributed by atoms with van der Waals surface area (Å²) in [7, 11) is 0. The first-order valence-electron chi connectivity index (χ1n) is 6.20. The summed E-state index contributed by atoms with van der Waals surface area (Å²) >= 11 is 1.46. The molecule has 3 nitrogen and oxygen atoms in total. The number of Topliss-reactive ketones (excluding diaryl/α,β-unsaturated/α-hetero) is 1. The molecule has 0 spiro atoms. The summed E-state index contributed by atoms with van der Waals surface area (Å²) in [4.78, 5) is 13.3. The van der Waals surface area contributed by atoms with Crippen molar-refractivity contribution < 1.29 is 27.5 Å². The van der Waals surface area contributed by atoms with E-state index in [4.69, 9.17) is 0 Å². The van der Waals surface area contributed by atoms with Crippen LogP contribution in [0.3, 0.4) is 0 Å². The number of halogens is 4. The van der Waals surface area contributed by atoms with Gasteiger partial charge in [0.15, 0.2) is 5.76 Å². The Morgan fingerprint density at radius 2 is 1.95 bits per heavy atom. The van der Waals surface area contributed by atoms with Crippen LogP contribution in [0.4, 0.5) is 17.6 Å². The van der Waals surface area contributed by atoms with E-state index < -0.39 is 29.1 Å². The minimum Gasteiger partial charge on any atom is -0.505 e. The summed E-state index contributed by atoms with van der Waals surface area (Å²) < 4.78 is 53.3. The minimum absolute atomic E-state index is 0.0684. The van der Waals surface area contributed by atoms with Gasteiger partial charge in [-0.3, -0.25) is 4.79 Å². The van der Waals surface area contributed by atoms with Crippen molar-refractivity contribution in [1.82, 2.24) is 4.90 Å². The molecule has 0 aromatic carbocycles. The number of carbonyl (C=O) groups excluding carboxylic acids is 1. The molecule has 0 amide bonds. The molecule has 2 heterocycles. The Kier molecular flexibility index (Phi) is 3.17. The molecule has 1 aromatic heterocycles. The van der Waals surface area contributed by atoms with Gasteiger partial charge in [-0.15, -0.1) is 11.3 Å². The third kappa shape index (κ3) is 1.90. The maximum absolute atomic E-state index is 13.3. The van der Waals surface area contributed by atoms with Crippen LogP contribution in [0.1, 0.15) is 4.88 Å². The van der Waals surface area contributed by atoms with E-state index in [1.54, 1.807) is 6.08 Å². The summed E-state index contributed by atoms with van der Waals surface area (Å²) in [6.07, 6.45) is 4.35. The summed E-state index contributed by atoms with van der Waals surface area (Å²) in [6, 6.07) is 3.67. The number of alkyl halides is 4. The van der Waals surface area contributed by atoms with Crippen LogP contribution < -0.4 is 0 Å². The molecule has 3 rings (SSSR count). The molecule has 0 saturated heterocycles. The molecular weight excluding hydrogens is 322 g/mol. The zero-order valence-electron chi connectivity index (χ0n) is 10.9. The van der Waals surface area contributed by atoms with Gasteiger partial charge in [-0.05, 0) is 23.1 Å². The van der Waals surface area contributed by atoms with Crippen molar-refractivity contribution in [1.29, 1.82) is 0 Å². The van der Waals surface area contributed by atoms with Crippen molar-refractivity contribution in [2.45, 2.75) is 11.8 Å². The van der Waals surface area contributed by atoms with E-state index in [1.807, 2.05) is 17.5 Å². The number of nitrogens with zero attached hydrogens (tertiary/aromatic N) is 1. The van der Waals surface area contributed by atoms with Crippen molar-refractivity contribution in [3.63, 3.8) is 0 Å². The van der Waals surface area contributed by atoms with Crippen LogP contribution in [0.2, 0.25) is 0 Å². The van der Waals surface area contributed by atoms with Gasteiger partial charge >= 0.3 is 11.8 Å². The highest BCUT2D eigenvalue weighted by molar-refractivity contribution is 7.11. The molecule has 116 valence electrons. The molecule has 1 aromatic rings. The predicted octanol–water partition coefficient (Wildman–Crippen LogP) is 3.58. The van der Waals surface area contributed by atoms with Crippen LogP contribution in [0, 0.1) is 0 Å². The number of aliphatic hydroxyl groups is 1. The third-order valence-electron chi connectivity index (χ3n) is 3.45. The second kappa shape index (κ2) is 4.70. The molecule has 0 fully saturated rings. The van der Waals surface area contributed by atoms with Crippen LogP contribution >= 0.6 is 11.3 Å². The molecule has 0 bridgehead atoms. The Morgan fingerprint density at radius 1 is 1.23 bits per heavy atom. The van der Waals surface area contributed by atoms with E-state index in [0.717, 1.165) is 15.4 Å². The van der Waals surface area contributed by atoms with Crippen molar-refractivity contribution in [3.8, 4) is 0 Å². The van der Waals surface area contributed by atoms with Crippen LogP contribution in [0.5, 0.6) is 0 Å². The number of allylic oxidation sites excluding steroid dienone is 4. The van der Waals surface area contributed by atoms with Gasteiger partial charge in [0, 0.05) is 17.6 Å². The first-order valence-corrected chi connectivity index (χ1v) is 7.08. The van der Waals surface area contributed by atoms with Crippen molar-refractivity contribution in [3.05, 3.63) is 52.2 Å². The topological polar surface area (TPSA) is 40.5 Å². The van der Waals surface area contributed by atoms with E-state index in [9.17, 15) is 27.5 Å². The number of rotatable bonds is 2. The Labute approximate surface area is 126 Å². The van der Waals surface area contributed by atoms with Gasteiger partial charge in [0.25, 0.3) is 5.78 Å². The predicted molar refractivity (Wildman–Crippen MR) is 72.7 cm³/mol. The van der Waals surface area contributed by atoms with Crippen molar-refractivity contribution in [2.24, 2.45) is 0 Å². The summed E-state index contributed by atoms with van der Waals surface area (Å²) in [5, 5.41) is 11.2. The van der Waals surface area contributed by atoms with Gasteiger partial charge in [0.2, 0.25) is 0 Å². The monoisotopic (exact) mass is 331 g/mol. The van der Waals surface area contributed by atoms with Crippen molar-refractivity contribution in [2.75, 3.05) is 6.54 Å². The molecule has 0 atom stereocenters. The average molecular weight is 331 g/mol. The summed E-state index contributed by atoms with van der Waals surface area (Å²) in [6.45, 7) is -0.0684. The Balaban J connectivity index is 1.90. The highest BCUT2D eigenvalue weighted by Crippen LogP contribution is 2.48. The normalized spacial score (nSPS) is 23.2. The van der Waals surface area contributed by atoms with Gasteiger partial charge in [0.05, 0.1) is 0 Å². The lowest BCUT2D eigenvalue weighted by atomic mass is 10.1. The molecule has 0 saturated carbocycles. The molecule has 0 radical (unpaired) electrons. The standard InChI is InChI=1S/C14H9F4NO2S/c15-13(16)11(20)10(12(21)14(13,17)18)19-5-3-8(4-6-19)9-2-1-7-22-9/h1-5,7,20H,6H2. The van der Waals surface area contributed by atoms with E-state index in [2.05, 4.69) is 0 Å². The lowest BCUT2D eigenvalue weighted by Gasteiger charge is -2.22. The van der Waals surface area contributed by atoms with E-state index >= 15 is 0 Å². The quantitative estimate of drug-likeness (QED) is 0.842. The second-order valence-electron chi connectivity index (χ2n) is 4.78. The fraction of sp³-hybridized carbons (Fsp3) is 0.214. The number of hydrogen-bond donors (Lipinski definition) is 1. The van der Waals surface area contributed by atoms with Gasteiger partial charge in [0.1, 0.15) is 5.70 Å². The maximum Gasteiger partial charge on any atom is 0.380 e. The highest BCUT2D eigenvalue weighted by atomic mass is 32.1. The van der Waals surface area contributed by atoms with Gasteiger partial charge in [-0.2, -0.15) is 17.6 Å². The zero-order chi connectivity index (χ0) is 16.1. The molecule has 0 unspecified atom stereocenters. The lowest BCUT2D eigenvalue weighted by Crippen LogP contribution is -2.43. The number of aliphatic hydroxyl groups excluding tert-OH is 1. The van der Waals surface area contributed by atoms with E-state index in [-0.39, 0.29) is 6.54 Å². The van der Waals surface area contributed by atoms with Gasteiger partial charge < -0.3 is 10.0 Å². The molecular formula is C14H9F4NO2S. The molecule has 8 heteroatoms. The third-order valence-corrected chi connectivity index (χ3v) is 4.37. The first kappa shape index (κ1) is 14.8. The summed E-state index contributed by atoms with van der Waals surface area (Å²) in [5.74, 6) is -13.8. The fourth-order valence-electron chi connectivity index (χ4n) is 2.25. The number of thiophene rings is 1. The Morgan fingerprint density at radius 3 is 2.41 bits per heavy atom. The Bertz CT molecular complexity index is 719. The van der Waals surface area contributed by atoms with Crippen LogP contribution in [0.15, 0.2) is 47.3 Å². The molecule has 22 heavy (non-hydrogen) atoms. The molecule has 1 N–H and O–H groups in total. The average Bonchev–Trinajstić information content (AvgIpc) is 3.04. The van der Waals surface area contributed by atoms with Gasteiger partial charge in [-0.25, -0.2) is 0 Å². The maximum atomic E-state index is 13.3. The molecule has 2 aliphatic rings. The van der Waals surface area contributed by atoms with Crippen LogP contribution in [-0.4, -0.2) is 34.2 Å². The zero-order valence-corrected chi connectivity index (χ0v) is 11.7.